The summed E-state index contributed by atoms with van der Waals surface area (Å²) in [5.74, 6) is -0.0213. The first kappa shape index (κ1) is 21.8. The van der Waals surface area contributed by atoms with Crippen molar-refractivity contribution >= 4 is 27.3 Å². The first-order valence-electron chi connectivity index (χ1n) is 8.84. The summed E-state index contributed by atoms with van der Waals surface area (Å²) in [5, 5.41) is 2.34. The molecule has 0 bridgehead atoms. The monoisotopic (exact) mass is 444 g/mol. The Morgan fingerprint density at radius 3 is 2.40 bits per heavy atom. The van der Waals surface area contributed by atoms with Gasteiger partial charge in [0.1, 0.15) is 19.3 Å². The number of carbonyl (C=O) groups is 1. The highest BCUT2D eigenvalue weighted by atomic mass is 32.2. The van der Waals surface area contributed by atoms with Gasteiger partial charge in [-0.3, -0.25) is 9.10 Å². The van der Waals surface area contributed by atoms with E-state index in [1.54, 1.807) is 0 Å². The Balaban J connectivity index is 1.88. The van der Waals surface area contributed by atoms with Crippen LogP contribution in [0, 0.1) is 0 Å². The van der Waals surface area contributed by atoms with E-state index in [0.29, 0.717) is 24.7 Å². The van der Waals surface area contributed by atoms with Gasteiger partial charge in [0.25, 0.3) is 0 Å². The Labute approximate surface area is 171 Å². The van der Waals surface area contributed by atoms with E-state index in [1.165, 1.54) is 31.2 Å². The molecule has 0 aliphatic carbocycles. The van der Waals surface area contributed by atoms with Gasteiger partial charge in [-0.25, -0.2) is 8.42 Å². The largest absolute Gasteiger partial charge is 0.486 e. The minimum atomic E-state index is -4.57. The maximum Gasteiger partial charge on any atom is 0.416 e. The number of amides is 1. The van der Waals surface area contributed by atoms with Crippen molar-refractivity contribution in [2.75, 3.05) is 29.1 Å². The van der Waals surface area contributed by atoms with Gasteiger partial charge in [-0.15, -0.1) is 0 Å². The molecule has 0 aromatic heterocycles. The molecule has 7 nitrogen and oxygen atoms in total. The van der Waals surface area contributed by atoms with Gasteiger partial charge in [-0.05, 0) is 37.3 Å². The molecule has 11 heteroatoms. The molecule has 1 aliphatic heterocycles. The fourth-order valence-corrected chi connectivity index (χ4v) is 4.16. The minimum absolute atomic E-state index is 0.0997. The van der Waals surface area contributed by atoms with Gasteiger partial charge in [0.05, 0.1) is 17.5 Å². The lowest BCUT2D eigenvalue weighted by atomic mass is 10.2. The molecule has 1 aliphatic rings. The van der Waals surface area contributed by atoms with Crippen molar-refractivity contribution in [1.29, 1.82) is 0 Å². The molecule has 0 saturated heterocycles. The molecule has 0 unspecified atom stereocenters. The molecule has 0 saturated carbocycles. The summed E-state index contributed by atoms with van der Waals surface area (Å²) in [6.07, 6.45) is -3.64. The zero-order chi connectivity index (χ0) is 22.1. The summed E-state index contributed by atoms with van der Waals surface area (Å²) in [5.41, 5.74) is -0.870. The van der Waals surface area contributed by atoms with Crippen molar-refractivity contribution in [3.05, 3.63) is 48.0 Å². The number of nitrogens with one attached hydrogen (secondary N) is 1. The SMILES string of the molecule is C[C@@H](C(=O)Nc1cccc(C(F)(F)F)c1)N(c1ccc2c(c1)OCCO2)S(C)(=O)=O. The van der Waals surface area contributed by atoms with Gasteiger partial charge < -0.3 is 14.8 Å². The lowest BCUT2D eigenvalue weighted by Gasteiger charge is -2.29. The maximum absolute atomic E-state index is 12.9. The highest BCUT2D eigenvalue weighted by molar-refractivity contribution is 7.92. The van der Waals surface area contributed by atoms with E-state index in [4.69, 9.17) is 9.47 Å². The topological polar surface area (TPSA) is 84.9 Å². The van der Waals surface area contributed by atoms with Gasteiger partial charge in [0.2, 0.25) is 15.9 Å². The van der Waals surface area contributed by atoms with Crippen molar-refractivity contribution in [1.82, 2.24) is 0 Å². The van der Waals surface area contributed by atoms with E-state index in [2.05, 4.69) is 5.32 Å². The second kappa shape index (κ2) is 8.05. The summed E-state index contributed by atoms with van der Waals surface area (Å²) in [6.45, 7) is 1.99. The molecule has 0 fully saturated rings. The molecular weight excluding hydrogens is 425 g/mol. The minimum Gasteiger partial charge on any atom is -0.486 e. The highest BCUT2D eigenvalue weighted by Gasteiger charge is 2.32. The van der Waals surface area contributed by atoms with Crippen LogP contribution in [-0.4, -0.2) is 39.8 Å². The van der Waals surface area contributed by atoms with Crippen LogP contribution in [0.4, 0.5) is 24.5 Å². The number of anilines is 2. The van der Waals surface area contributed by atoms with Crippen molar-refractivity contribution in [3.8, 4) is 11.5 Å². The molecule has 2 aromatic carbocycles. The number of alkyl halides is 3. The summed E-state index contributed by atoms with van der Waals surface area (Å²) in [6, 6.07) is 7.26. The van der Waals surface area contributed by atoms with Crippen molar-refractivity contribution < 1.29 is 35.9 Å². The summed E-state index contributed by atoms with van der Waals surface area (Å²) >= 11 is 0. The number of nitrogens with zero attached hydrogens (tertiary/aromatic N) is 1. The predicted molar refractivity (Wildman–Crippen MR) is 104 cm³/mol. The summed E-state index contributed by atoms with van der Waals surface area (Å²) in [7, 11) is -3.92. The molecule has 1 N–H and O–H groups in total. The molecule has 1 heterocycles. The second-order valence-electron chi connectivity index (χ2n) is 6.63. The van der Waals surface area contributed by atoms with E-state index in [1.807, 2.05) is 0 Å². The smallest absolute Gasteiger partial charge is 0.416 e. The molecule has 1 atom stereocenters. The maximum atomic E-state index is 12.9. The van der Waals surface area contributed by atoms with Gasteiger partial charge in [0.15, 0.2) is 11.5 Å². The molecule has 2 aromatic rings. The molecule has 30 heavy (non-hydrogen) atoms. The standard InChI is InChI=1S/C19H19F3N2O5S/c1-12(18(25)23-14-5-3-4-13(10-14)19(20,21)22)24(30(2,26)27)15-6-7-16-17(11-15)29-9-8-28-16/h3-7,10-12H,8-9H2,1-2H3,(H,23,25)/t12-/m0/s1. The van der Waals surface area contributed by atoms with Crippen LogP contribution < -0.4 is 19.1 Å². The van der Waals surface area contributed by atoms with E-state index in [9.17, 15) is 26.4 Å². The summed E-state index contributed by atoms with van der Waals surface area (Å²) < 4.78 is 75.2. The average molecular weight is 444 g/mol. The van der Waals surface area contributed by atoms with Crippen LogP contribution in [0.3, 0.4) is 0 Å². The van der Waals surface area contributed by atoms with E-state index < -0.39 is 33.7 Å². The van der Waals surface area contributed by atoms with Gasteiger partial charge in [-0.1, -0.05) is 6.07 Å². The number of hydrogen-bond donors (Lipinski definition) is 1. The van der Waals surface area contributed by atoms with Crippen LogP contribution in [0.25, 0.3) is 0 Å². The van der Waals surface area contributed by atoms with Crippen LogP contribution in [-0.2, 0) is 21.0 Å². The average Bonchev–Trinajstić information content (AvgIpc) is 2.66. The lowest BCUT2D eigenvalue weighted by Crippen LogP contribution is -2.45. The second-order valence-corrected chi connectivity index (χ2v) is 8.49. The first-order valence-corrected chi connectivity index (χ1v) is 10.7. The first-order chi connectivity index (χ1) is 14.0. The van der Waals surface area contributed by atoms with Crippen molar-refractivity contribution in [3.63, 3.8) is 0 Å². The lowest BCUT2D eigenvalue weighted by molar-refractivity contribution is -0.137. The third-order valence-corrected chi connectivity index (χ3v) is 5.57. The van der Waals surface area contributed by atoms with Crippen LogP contribution in [0.5, 0.6) is 11.5 Å². The number of hydrogen-bond acceptors (Lipinski definition) is 5. The zero-order valence-electron chi connectivity index (χ0n) is 16.1. The van der Waals surface area contributed by atoms with Crippen molar-refractivity contribution in [2.45, 2.75) is 19.1 Å². The number of benzene rings is 2. The number of rotatable bonds is 5. The third kappa shape index (κ3) is 4.78. The Morgan fingerprint density at radius 2 is 1.77 bits per heavy atom. The molecular formula is C19H19F3N2O5S. The Bertz CT molecular complexity index is 1060. The number of carbonyl (C=O) groups excluding carboxylic acids is 1. The van der Waals surface area contributed by atoms with Gasteiger partial charge >= 0.3 is 6.18 Å². The zero-order valence-corrected chi connectivity index (χ0v) is 16.9. The fraction of sp³-hybridized carbons (Fsp3) is 0.316. The van der Waals surface area contributed by atoms with Crippen LogP contribution in [0.2, 0.25) is 0 Å². The Kier molecular flexibility index (Phi) is 5.84. The van der Waals surface area contributed by atoms with Gasteiger partial charge in [0, 0.05) is 11.8 Å². The third-order valence-electron chi connectivity index (χ3n) is 4.33. The van der Waals surface area contributed by atoms with Crippen LogP contribution >= 0.6 is 0 Å². The number of fused-ring (bicyclic) bond motifs is 1. The predicted octanol–water partition coefficient (Wildman–Crippen LogP) is 3.27. The van der Waals surface area contributed by atoms with Crippen LogP contribution in [0.1, 0.15) is 12.5 Å². The molecule has 3 rings (SSSR count). The fourth-order valence-electron chi connectivity index (χ4n) is 3.00. The van der Waals surface area contributed by atoms with E-state index >= 15 is 0 Å². The number of sulfonamides is 1. The number of halogens is 3. The molecule has 1 amide bonds. The van der Waals surface area contributed by atoms with Crippen LogP contribution in [0.15, 0.2) is 42.5 Å². The normalized spacial score (nSPS) is 14.7. The number of ether oxygens (including phenoxy) is 2. The highest BCUT2D eigenvalue weighted by Crippen LogP contribution is 2.35. The summed E-state index contributed by atoms with van der Waals surface area (Å²) in [4.78, 5) is 12.7. The Hall–Kier alpha value is -2.95. The van der Waals surface area contributed by atoms with Crippen molar-refractivity contribution in [2.24, 2.45) is 0 Å². The van der Waals surface area contributed by atoms with E-state index in [-0.39, 0.29) is 11.4 Å². The van der Waals surface area contributed by atoms with Gasteiger partial charge in [-0.2, -0.15) is 13.2 Å². The Morgan fingerprint density at radius 1 is 1.10 bits per heavy atom. The molecule has 0 radical (unpaired) electrons. The van der Waals surface area contributed by atoms with E-state index in [0.717, 1.165) is 28.8 Å². The molecule has 162 valence electrons. The molecule has 0 spiro atoms. The quantitative estimate of drug-likeness (QED) is 0.765.